The first-order valence-electron chi connectivity index (χ1n) is 12.5. The Labute approximate surface area is 231 Å². The van der Waals surface area contributed by atoms with E-state index in [0.717, 1.165) is 16.9 Å². The maximum atomic E-state index is 13.6. The van der Waals surface area contributed by atoms with E-state index in [2.05, 4.69) is 0 Å². The summed E-state index contributed by atoms with van der Waals surface area (Å²) < 4.78 is 21.8. The van der Waals surface area contributed by atoms with Gasteiger partial charge in [0.1, 0.15) is 40.9 Å². The molecular formula is C33H26O7. The first-order chi connectivity index (χ1) is 19.4. The number of Topliss-reactive ketones (excluding diaryl/α,β-unsaturated/α-hetero) is 1. The van der Waals surface area contributed by atoms with Crippen LogP contribution >= 0.6 is 0 Å². The normalized spacial score (nSPS) is 13.8. The fraction of sp³-hybridized carbons (Fsp3) is 0.0909. The summed E-state index contributed by atoms with van der Waals surface area (Å²) in [7, 11) is 3.19. The van der Waals surface area contributed by atoms with Crippen LogP contribution in [-0.2, 0) is 16.1 Å². The third-order valence-electron chi connectivity index (χ3n) is 6.38. The van der Waals surface area contributed by atoms with Crippen molar-refractivity contribution in [2.24, 2.45) is 0 Å². The highest BCUT2D eigenvalue weighted by atomic mass is 16.5. The maximum Gasteiger partial charge on any atom is 0.348 e. The quantitative estimate of drug-likeness (QED) is 0.155. The Kier molecular flexibility index (Phi) is 7.64. The number of rotatable bonds is 9. The van der Waals surface area contributed by atoms with Crippen LogP contribution < -0.4 is 14.2 Å². The number of carbonyl (C=O) groups is 2. The summed E-state index contributed by atoms with van der Waals surface area (Å²) >= 11 is 0. The standard InChI is InChI=1S/C33H26O7/c1-37-26-13-3-21(4-14-26)19-29-30(23-7-11-25(34)12-8-23)31(33(36)40-29)32(35)24-9-17-28(18-10-24)39-20-22-5-15-27(38-2)16-6-22/h3-19,34H,20H2,1-2H3/b29-19-. The molecule has 0 atom stereocenters. The largest absolute Gasteiger partial charge is 0.508 e. The van der Waals surface area contributed by atoms with Gasteiger partial charge < -0.3 is 24.1 Å². The number of methoxy groups -OCH3 is 2. The van der Waals surface area contributed by atoms with Crippen molar-refractivity contribution in [1.82, 2.24) is 0 Å². The van der Waals surface area contributed by atoms with Crippen LogP contribution in [0.2, 0.25) is 0 Å². The Bertz CT molecular complexity index is 1580. The highest BCUT2D eigenvalue weighted by Crippen LogP contribution is 2.38. The zero-order chi connectivity index (χ0) is 28.1. The molecule has 7 heteroatoms. The molecule has 7 nitrogen and oxygen atoms in total. The number of ether oxygens (including phenoxy) is 4. The topological polar surface area (TPSA) is 91.3 Å². The molecule has 5 rings (SSSR count). The number of allylic oxidation sites excluding steroid dienone is 1. The number of aromatic hydroxyl groups is 1. The van der Waals surface area contributed by atoms with Crippen molar-refractivity contribution in [2.45, 2.75) is 6.61 Å². The molecule has 0 aromatic heterocycles. The van der Waals surface area contributed by atoms with Crippen LogP contribution in [0.15, 0.2) is 108 Å². The highest BCUT2D eigenvalue weighted by Gasteiger charge is 2.36. The molecule has 1 heterocycles. The molecule has 4 aromatic rings. The highest BCUT2D eigenvalue weighted by molar-refractivity contribution is 6.32. The minimum atomic E-state index is -0.743. The van der Waals surface area contributed by atoms with E-state index in [1.165, 1.54) is 12.1 Å². The van der Waals surface area contributed by atoms with Crippen LogP contribution in [0.5, 0.6) is 23.0 Å². The van der Waals surface area contributed by atoms with Crippen molar-refractivity contribution >= 4 is 23.4 Å². The van der Waals surface area contributed by atoms with E-state index in [1.54, 1.807) is 68.8 Å². The zero-order valence-electron chi connectivity index (χ0n) is 21.9. The minimum Gasteiger partial charge on any atom is -0.508 e. The summed E-state index contributed by atoms with van der Waals surface area (Å²) in [6.45, 7) is 0.347. The molecule has 1 aliphatic rings. The van der Waals surface area contributed by atoms with Gasteiger partial charge in [0.15, 0.2) is 0 Å². The Morgan fingerprint density at radius 3 is 1.95 bits per heavy atom. The predicted molar refractivity (Wildman–Crippen MR) is 150 cm³/mol. The number of carbonyl (C=O) groups excluding carboxylic acids is 2. The Balaban J connectivity index is 1.44. The van der Waals surface area contributed by atoms with Gasteiger partial charge in [-0.1, -0.05) is 36.4 Å². The SMILES string of the molecule is COc1ccc(/C=C2\OC(=O)C(C(=O)c3ccc(OCc4ccc(OC)cc4)cc3)=C2c2ccc(O)cc2)cc1. The van der Waals surface area contributed by atoms with Gasteiger partial charge in [-0.25, -0.2) is 4.79 Å². The smallest absolute Gasteiger partial charge is 0.348 e. The van der Waals surface area contributed by atoms with Gasteiger partial charge in [0.2, 0.25) is 5.78 Å². The molecule has 0 radical (unpaired) electrons. The summed E-state index contributed by atoms with van der Waals surface area (Å²) in [5.41, 5.74) is 2.86. The molecule has 0 unspecified atom stereocenters. The Morgan fingerprint density at radius 1 is 0.775 bits per heavy atom. The molecule has 1 aliphatic heterocycles. The van der Waals surface area contributed by atoms with Crippen molar-refractivity contribution < 1.29 is 33.6 Å². The van der Waals surface area contributed by atoms with Crippen LogP contribution in [0.4, 0.5) is 0 Å². The summed E-state index contributed by atoms with van der Waals surface area (Å²) in [4.78, 5) is 26.7. The van der Waals surface area contributed by atoms with E-state index in [1.807, 2.05) is 36.4 Å². The van der Waals surface area contributed by atoms with Crippen molar-refractivity contribution in [2.75, 3.05) is 14.2 Å². The monoisotopic (exact) mass is 534 g/mol. The summed E-state index contributed by atoms with van der Waals surface area (Å²) in [5.74, 6) is 1.11. The van der Waals surface area contributed by atoms with Gasteiger partial charge in [0, 0.05) is 11.1 Å². The van der Waals surface area contributed by atoms with Crippen LogP contribution in [0.25, 0.3) is 11.6 Å². The van der Waals surface area contributed by atoms with Gasteiger partial charge in [0.05, 0.1) is 14.2 Å². The molecule has 200 valence electrons. The first-order valence-corrected chi connectivity index (χ1v) is 12.5. The molecule has 0 spiro atoms. The number of hydrogen-bond donors (Lipinski definition) is 1. The average molecular weight is 535 g/mol. The van der Waals surface area contributed by atoms with Gasteiger partial charge in [-0.05, 0) is 83.4 Å². The van der Waals surface area contributed by atoms with Gasteiger partial charge in [0.25, 0.3) is 0 Å². The third kappa shape index (κ3) is 5.73. The zero-order valence-corrected chi connectivity index (χ0v) is 21.9. The molecule has 40 heavy (non-hydrogen) atoms. The van der Waals surface area contributed by atoms with E-state index >= 15 is 0 Å². The fourth-order valence-corrected chi connectivity index (χ4v) is 4.24. The van der Waals surface area contributed by atoms with Gasteiger partial charge in [-0.2, -0.15) is 0 Å². The van der Waals surface area contributed by atoms with Crippen LogP contribution in [0.3, 0.4) is 0 Å². The molecule has 0 bridgehead atoms. The second kappa shape index (κ2) is 11.6. The second-order valence-corrected chi connectivity index (χ2v) is 8.96. The van der Waals surface area contributed by atoms with E-state index in [-0.39, 0.29) is 17.1 Å². The lowest BCUT2D eigenvalue weighted by Gasteiger charge is -2.09. The summed E-state index contributed by atoms with van der Waals surface area (Å²) in [5, 5.41) is 9.80. The molecule has 4 aromatic carbocycles. The van der Waals surface area contributed by atoms with Crippen molar-refractivity contribution in [3.63, 3.8) is 0 Å². The molecule has 0 amide bonds. The first kappa shape index (κ1) is 26.3. The van der Waals surface area contributed by atoms with Crippen molar-refractivity contribution in [3.05, 3.63) is 131 Å². The van der Waals surface area contributed by atoms with Gasteiger partial charge >= 0.3 is 5.97 Å². The summed E-state index contributed by atoms with van der Waals surface area (Å²) in [6.07, 6.45) is 1.69. The lowest BCUT2D eigenvalue weighted by atomic mass is 9.93. The third-order valence-corrected chi connectivity index (χ3v) is 6.38. The van der Waals surface area contributed by atoms with Crippen molar-refractivity contribution in [1.29, 1.82) is 0 Å². The van der Waals surface area contributed by atoms with Crippen LogP contribution in [-0.4, -0.2) is 31.1 Å². The molecule has 1 N–H and O–H groups in total. The number of esters is 1. The van der Waals surface area contributed by atoms with E-state index in [0.29, 0.717) is 34.8 Å². The van der Waals surface area contributed by atoms with Gasteiger partial charge in [-0.15, -0.1) is 0 Å². The lowest BCUT2D eigenvalue weighted by Crippen LogP contribution is -2.11. The molecule has 0 aliphatic carbocycles. The minimum absolute atomic E-state index is 0.0633. The number of hydrogen-bond acceptors (Lipinski definition) is 7. The number of phenols is 1. The average Bonchev–Trinajstić information content (AvgIpc) is 3.32. The summed E-state index contributed by atoms with van der Waals surface area (Å²) in [6, 6.07) is 27.6. The van der Waals surface area contributed by atoms with E-state index in [9.17, 15) is 14.7 Å². The van der Waals surface area contributed by atoms with E-state index in [4.69, 9.17) is 18.9 Å². The van der Waals surface area contributed by atoms with E-state index < -0.39 is 11.8 Å². The number of cyclic esters (lactones) is 1. The van der Waals surface area contributed by atoms with Crippen LogP contribution in [0, 0.1) is 0 Å². The molecular weight excluding hydrogens is 508 g/mol. The Morgan fingerprint density at radius 2 is 1.35 bits per heavy atom. The van der Waals surface area contributed by atoms with Gasteiger partial charge in [-0.3, -0.25) is 4.79 Å². The fourth-order valence-electron chi connectivity index (χ4n) is 4.24. The molecule has 0 fully saturated rings. The maximum absolute atomic E-state index is 13.6. The molecule has 0 saturated heterocycles. The number of benzene rings is 4. The predicted octanol–water partition coefficient (Wildman–Crippen LogP) is 6.22. The molecule has 0 saturated carbocycles. The van der Waals surface area contributed by atoms with Crippen LogP contribution in [0.1, 0.15) is 27.0 Å². The lowest BCUT2D eigenvalue weighted by molar-refractivity contribution is -0.132. The second-order valence-electron chi connectivity index (χ2n) is 8.96. The van der Waals surface area contributed by atoms with Crippen molar-refractivity contribution in [3.8, 4) is 23.0 Å². The number of phenolic OH excluding ortho intramolecular Hbond substituents is 1. The number of ketones is 1. The Hall–Kier alpha value is -5.30.